The van der Waals surface area contributed by atoms with Crippen molar-refractivity contribution in [1.29, 1.82) is 0 Å². The van der Waals surface area contributed by atoms with Gasteiger partial charge in [-0.1, -0.05) is 12.8 Å². The summed E-state index contributed by atoms with van der Waals surface area (Å²) in [5.74, 6) is -0.359. The van der Waals surface area contributed by atoms with E-state index in [0.29, 0.717) is 0 Å². The van der Waals surface area contributed by atoms with Crippen molar-refractivity contribution < 1.29 is 18.4 Å². The van der Waals surface area contributed by atoms with Crippen molar-refractivity contribution >= 4 is 28.6 Å². The molecular formula is C12H26O4Si2. The van der Waals surface area contributed by atoms with Gasteiger partial charge in [0.25, 0.3) is 11.9 Å². The fraction of sp³-hybridized carbons (Fsp3) is 0.833. The molecule has 0 bridgehead atoms. The summed E-state index contributed by atoms with van der Waals surface area (Å²) in [6.07, 6.45) is 2.06. The standard InChI is InChI=1S/C12H26O4Si2/c1-11(13)15-17(3,4)9-7-8-10-18(5,6)16-12(2)14/h7-10H2,1-6H3. The van der Waals surface area contributed by atoms with Gasteiger partial charge in [0.2, 0.25) is 16.6 Å². The third-order valence-electron chi connectivity index (χ3n) is 2.65. The summed E-state index contributed by atoms with van der Waals surface area (Å²) in [6, 6.07) is 1.94. The van der Waals surface area contributed by atoms with Crippen molar-refractivity contribution in [1.82, 2.24) is 0 Å². The van der Waals surface area contributed by atoms with Crippen LogP contribution in [-0.2, 0) is 18.4 Å². The molecular weight excluding hydrogens is 264 g/mol. The fourth-order valence-corrected chi connectivity index (χ4v) is 5.95. The molecule has 0 unspecified atom stereocenters. The van der Waals surface area contributed by atoms with Gasteiger partial charge in [-0.05, 0) is 38.3 Å². The first-order valence-electron chi connectivity index (χ1n) is 6.43. The Kier molecular flexibility index (Phi) is 6.84. The second kappa shape index (κ2) is 7.08. The highest BCUT2D eigenvalue weighted by molar-refractivity contribution is 6.73. The van der Waals surface area contributed by atoms with Crippen LogP contribution in [-0.4, -0.2) is 28.6 Å². The molecule has 106 valence electrons. The zero-order valence-corrected chi connectivity index (χ0v) is 14.5. The average molecular weight is 291 g/mol. The van der Waals surface area contributed by atoms with Crippen LogP contribution in [0.1, 0.15) is 26.7 Å². The maximum Gasteiger partial charge on any atom is 0.289 e. The molecule has 0 aromatic heterocycles. The van der Waals surface area contributed by atoms with Crippen molar-refractivity contribution in [2.24, 2.45) is 0 Å². The summed E-state index contributed by atoms with van der Waals surface area (Å²) >= 11 is 0. The van der Waals surface area contributed by atoms with Gasteiger partial charge in [-0.3, -0.25) is 9.59 Å². The van der Waals surface area contributed by atoms with Crippen LogP contribution in [0.25, 0.3) is 0 Å². The molecule has 0 spiro atoms. The van der Waals surface area contributed by atoms with E-state index in [1.54, 1.807) is 0 Å². The van der Waals surface area contributed by atoms with E-state index in [9.17, 15) is 9.59 Å². The Morgan fingerprint density at radius 2 is 1.06 bits per heavy atom. The number of rotatable bonds is 7. The molecule has 0 heterocycles. The summed E-state index contributed by atoms with van der Waals surface area (Å²) in [7, 11) is -3.67. The molecule has 0 radical (unpaired) electrons. The first-order valence-corrected chi connectivity index (χ1v) is 12.7. The van der Waals surface area contributed by atoms with Gasteiger partial charge in [0.05, 0.1) is 0 Å². The third kappa shape index (κ3) is 9.41. The number of hydrogen-bond acceptors (Lipinski definition) is 4. The molecule has 0 aromatic rings. The average Bonchev–Trinajstić information content (AvgIpc) is 2.08. The van der Waals surface area contributed by atoms with E-state index >= 15 is 0 Å². The lowest BCUT2D eigenvalue weighted by Gasteiger charge is -2.24. The van der Waals surface area contributed by atoms with Gasteiger partial charge in [-0.25, -0.2) is 0 Å². The highest BCUT2D eigenvalue weighted by Crippen LogP contribution is 2.20. The van der Waals surface area contributed by atoms with Crippen molar-refractivity contribution in [3.05, 3.63) is 0 Å². The van der Waals surface area contributed by atoms with Gasteiger partial charge in [0.15, 0.2) is 0 Å². The van der Waals surface area contributed by atoms with Crippen LogP contribution in [0.5, 0.6) is 0 Å². The molecule has 6 heteroatoms. The van der Waals surface area contributed by atoms with Gasteiger partial charge in [0.1, 0.15) is 0 Å². The zero-order chi connectivity index (χ0) is 14.4. The second-order valence-electron chi connectivity index (χ2n) is 5.91. The van der Waals surface area contributed by atoms with Gasteiger partial charge >= 0.3 is 0 Å². The van der Waals surface area contributed by atoms with E-state index in [4.69, 9.17) is 8.85 Å². The smallest absolute Gasteiger partial charge is 0.289 e. The SMILES string of the molecule is CC(=O)O[Si](C)(C)CCCC[Si](C)(C)OC(C)=O. The van der Waals surface area contributed by atoms with E-state index in [1.165, 1.54) is 13.8 Å². The maximum atomic E-state index is 10.9. The van der Waals surface area contributed by atoms with E-state index in [0.717, 1.165) is 24.9 Å². The predicted octanol–water partition coefficient (Wildman–Crippen LogP) is 3.30. The van der Waals surface area contributed by atoms with Gasteiger partial charge in [0, 0.05) is 13.8 Å². The Bertz CT molecular complexity index is 270. The van der Waals surface area contributed by atoms with Crippen molar-refractivity contribution in [3.8, 4) is 0 Å². The molecule has 0 aliphatic carbocycles. The first-order chi connectivity index (χ1) is 8.04. The second-order valence-corrected chi connectivity index (χ2v) is 14.4. The number of carbonyl (C=O) groups excluding carboxylic acids is 2. The molecule has 0 saturated carbocycles. The van der Waals surface area contributed by atoms with Crippen LogP contribution >= 0.6 is 0 Å². The van der Waals surface area contributed by atoms with Gasteiger partial charge in [-0.15, -0.1) is 0 Å². The quantitative estimate of drug-likeness (QED) is 0.533. The zero-order valence-electron chi connectivity index (χ0n) is 12.5. The lowest BCUT2D eigenvalue weighted by molar-refractivity contribution is -0.133. The van der Waals surface area contributed by atoms with E-state index in [2.05, 4.69) is 26.2 Å². The van der Waals surface area contributed by atoms with Crippen LogP contribution in [0.3, 0.4) is 0 Å². The summed E-state index contributed by atoms with van der Waals surface area (Å²) < 4.78 is 10.7. The van der Waals surface area contributed by atoms with Crippen molar-refractivity contribution in [3.63, 3.8) is 0 Å². The van der Waals surface area contributed by atoms with Crippen LogP contribution in [0.4, 0.5) is 0 Å². The largest absolute Gasteiger partial charge is 0.520 e. The highest BCUT2D eigenvalue weighted by atomic mass is 28.4. The minimum Gasteiger partial charge on any atom is -0.520 e. The van der Waals surface area contributed by atoms with E-state index in [-0.39, 0.29) is 11.9 Å². The molecule has 0 fully saturated rings. The molecule has 0 amide bonds. The van der Waals surface area contributed by atoms with Crippen LogP contribution < -0.4 is 0 Å². The number of carbonyl (C=O) groups is 2. The minimum absolute atomic E-state index is 0.179. The Hall–Kier alpha value is -0.626. The Morgan fingerprint density at radius 1 is 0.778 bits per heavy atom. The van der Waals surface area contributed by atoms with Crippen LogP contribution in [0.15, 0.2) is 0 Å². The van der Waals surface area contributed by atoms with Gasteiger partial charge in [-0.2, -0.15) is 0 Å². The number of hydrogen-bond donors (Lipinski definition) is 0. The molecule has 18 heavy (non-hydrogen) atoms. The molecule has 0 N–H and O–H groups in total. The summed E-state index contributed by atoms with van der Waals surface area (Å²) in [5.41, 5.74) is 0. The van der Waals surface area contributed by atoms with Gasteiger partial charge < -0.3 is 8.85 Å². The van der Waals surface area contributed by atoms with Crippen LogP contribution in [0.2, 0.25) is 38.3 Å². The molecule has 4 nitrogen and oxygen atoms in total. The van der Waals surface area contributed by atoms with Crippen LogP contribution in [0, 0.1) is 0 Å². The maximum absolute atomic E-state index is 10.9. The number of unbranched alkanes of at least 4 members (excludes halogenated alkanes) is 1. The highest BCUT2D eigenvalue weighted by Gasteiger charge is 2.28. The summed E-state index contributed by atoms with van der Waals surface area (Å²) in [4.78, 5) is 21.9. The molecule has 0 atom stereocenters. The first kappa shape index (κ1) is 17.4. The molecule has 0 aliphatic heterocycles. The normalized spacial score (nSPS) is 12.1. The Morgan fingerprint density at radius 3 is 1.28 bits per heavy atom. The van der Waals surface area contributed by atoms with E-state index in [1.807, 2.05) is 0 Å². The summed E-state index contributed by atoms with van der Waals surface area (Å²) in [5, 5.41) is 0. The molecule has 0 aliphatic rings. The molecule has 0 saturated heterocycles. The van der Waals surface area contributed by atoms with Crippen molar-refractivity contribution in [2.45, 2.75) is 65.0 Å². The summed E-state index contributed by atoms with van der Waals surface area (Å²) in [6.45, 7) is 11.2. The molecule has 0 rings (SSSR count). The lowest BCUT2D eigenvalue weighted by atomic mass is 10.4. The Labute approximate surface area is 112 Å². The van der Waals surface area contributed by atoms with E-state index < -0.39 is 16.6 Å². The topological polar surface area (TPSA) is 52.6 Å². The fourth-order valence-electron chi connectivity index (χ4n) is 1.98. The minimum atomic E-state index is -1.84. The monoisotopic (exact) mass is 290 g/mol. The lowest BCUT2D eigenvalue weighted by Crippen LogP contribution is -2.34. The van der Waals surface area contributed by atoms with Crippen molar-refractivity contribution in [2.75, 3.05) is 0 Å². The molecule has 0 aromatic carbocycles. The Balaban J connectivity index is 3.92. The predicted molar refractivity (Wildman–Crippen MR) is 77.3 cm³/mol. The third-order valence-corrected chi connectivity index (χ3v) is 7.44.